The number of aromatic nitrogens is 4. The number of hydrogen-bond donors (Lipinski definition) is 1. The van der Waals surface area contributed by atoms with Gasteiger partial charge in [-0.15, -0.1) is 11.3 Å². The number of piperidine rings is 1. The number of rotatable bonds is 8. The molecule has 37 heavy (non-hydrogen) atoms. The number of thiophene rings is 1. The highest BCUT2D eigenvalue weighted by molar-refractivity contribution is 7.19. The summed E-state index contributed by atoms with van der Waals surface area (Å²) in [6, 6.07) is 9.08. The van der Waals surface area contributed by atoms with Crippen molar-refractivity contribution in [3.63, 3.8) is 0 Å². The second kappa shape index (κ2) is 11.0. The molecule has 0 saturated carbocycles. The molecule has 4 aromatic rings. The second-order valence-corrected chi connectivity index (χ2v) is 11.2. The molecule has 0 atom stereocenters. The van der Waals surface area contributed by atoms with Gasteiger partial charge in [0.2, 0.25) is 0 Å². The lowest BCUT2D eigenvalue weighted by atomic mass is 10.0. The maximum absolute atomic E-state index is 5.64. The monoisotopic (exact) mass is 521 g/mol. The van der Waals surface area contributed by atoms with Crippen LogP contribution in [0.4, 0.5) is 5.82 Å². The molecule has 2 fully saturated rings. The molecule has 0 radical (unpaired) electrons. The van der Waals surface area contributed by atoms with Crippen LogP contribution in [-0.4, -0.2) is 103 Å². The van der Waals surface area contributed by atoms with Crippen molar-refractivity contribution in [2.45, 2.75) is 25.4 Å². The molecule has 0 amide bonds. The minimum absolute atomic E-state index is 0.640. The first-order chi connectivity index (χ1) is 18.2. The lowest BCUT2D eigenvalue weighted by Gasteiger charge is -2.36. The third-order valence-electron chi connectivity index (χ3n) is 7.65. The van der Waals surface area contributed by atoms with Gasteiger partial charge in [-0.1, -0.05) is 12.1 Å². The number of methoxy groups -OCH3 is 1. The molecule has 0 spiro atoms. The number of H-pyrrole nitrogens is 1. The van der Waals surface area contributed by atoms with E-state index in [1.54, 1.807) is 7.11 Å². The van der Waals surface area contributed by atoms with Gasteiger partial charge in [0.25, 0.3) is 0 Å². The molecule has 3 aromatic heterocycles. The van der Waals surface area contributed by atoms with Crippen molar-refractivity contribution in [1.82, 2.24) is 30.0 Å². The van der Waals surface area contributed by atoms with Crippen molar-refractivity contribution in [1.29, 1.82) is 0 Å². The molecule has 2 aliphatic heterocycles. The number of nitrogens with one attached hydrogen (secondary N) is 1. The SMILES string of the molecule is COCCN(C)C1CCN(Cc2cc3nc(-c4cccc5[nH]ncc45)nc(N4CCOCC4)c3s2)CC1. The highest BCUT2D eigenvalue weighted by atomic mass is 32.1. The number of anilines is 1. The fourth-order valence-electron chi connectivity index (χ4n) is 5.47. The van der Waals surface area contributed by atoms with Crippen molar-refractivity contribution in [3.8, 4) is 11.4 Å². The third kappa shape index (κ3) is 5.21. The molecular weight excluding hydrogens is 486 g/mol. The van der Waals surface area contributed by atoms with E-state index in [1.807, 2.05) is 29.7 Å². The summed E-state index contributed by atoms with van der Waals surface area (Å²) >= 11 is 1.84. The maximum Gasteiger partial charge on any atom is 0.162 e. The molecule has 0 aliphatic carbocycles. The molecule has 0 unspecified atom stereocenters. The fourth-order valence-corrected chi connectivity index (χ4v) is 6.63. The largest absolute Gasteiger partial charge is 0.383 e. The summed E-state index contributed by atoms with van der Waals surface area (Å²) in [7, 11) is 4.00. The van der Waals surface area contributed by atoms with Crippen molar-refractivity contribution < 1.29 is 9.47 Å². The van der Waals surface area contributed by atoms with E-state index in [9.17, 15) is 0 Å². The van der Waals surface area contributed by atoms with Crippen LogP contribution in [-0.2, 0) is 16.0 Å². The normalized spacial score (nSPS) is 18.0. The Kier molecular flexibility index (Phi) is 7.34. The van der Waals surface area contributed by atoms with E-state index in [0.29, 0.717) is 6.04 Å². The molecule has 2 saturated heterocycles. The van der Waals surface area contributed by atoms with Crippen LogP contribution in [0.15, 0.2) is 30.5 Å². The number of fused-ring (bicyclic) bond motifs is 2. The minimum Gasteiger partial charge on any atom is -0.383 e. The smallest absolute Gasteiger partial charge is 0.162 e. The Morgan fingerprint density at radius 3 is 2.81 bits per heavy atom. The second-order valence-electron chi connectivity index (χ2n) is 10.0. The zero-order valence-electron chi connectivity index (χ0n) is 21.7. The number of benzene rings is 1. The van der Waals surface area contributed by atoms with Gasteiger partial charge in [-0.3, -0.25) is 10.00 Å². The third-order valence-corrected chi connectivity index (χ3v) is 8.75. The molecule has 10 heteroatoms. The van der Waals surface area contributed by atoms with Crippen LogP contribution in [0.5, 0.6) is 0 Å². The lowest BCUT2D eigenvalue weighted by Crippen LogP contribution is -2.43. The summed E-state index contributed by atoms with van der Waals surface area (Å²) < 4.78 is 12.1. The molecule has 2 aliphatic rings. The Labute approximate surface area is 221 Å². The van der Waals surface area contributed by atoms with Gasteiger partial charge in [0, 0.05) is 68.2 Å². The standard InChI is InChI=1S/C27H35N7O2S/c1-32(10-13-35-2)19-6-8-33(9-7-19)18-20-16-24-25(37-20)27(34-11-14-36-15-12-34)30-26(29-24)21-4-3-5-23-22(21)17-28-31-23/h3-5,16-17,19H,6-15,18H2,1-2H3,(H,28,31). The van der Waals surface area contributed by atoms with E-state index in [0.717, 1.165) is 92.7 Å². The van der Waals surface area contributed by atoms with E-state index in [4.69, 9.17) is 19.4 Å². The van der Waals surface area contributed by atoms with Gasteiger partial charge in [0.1, 0.15) is 0 Å². The van der Waals surface area contributed by atoms with E-state index in [-0.39, 0.29) is 0 Å². The van der Waals surface area contributed by atoms with Crippen molar-refractivity contribution in [2.75, 3.05) is 71.6 Å². The summed E-state index contributed by atoms with van der Waals surface area (Å²) in [5.74, 6) is 1.78. The Bertz CT molecular complexity index is 1340. The first-order valence-electron chi connectivity index (χ1n) is 13.2. The van der Waals surface area contributed by atoms with Gasteiger partial charge in [-0.25, -0.2) is 9.97 Å². The molecule has 1 aromatic carbocycles. The summed E-state index contributed by atoms with van der Waals surface area (Å²) in [4.78, 5) is 18.9. The number of likely N-dealkylation sites (N-methyl/N-ethyl adjacent to an activating group) is 1. The first-order valence-corrected chi connectivity index (χ1v) is 14.0. The van der Waals surface area contributed by atoms with Crippen LogP contribution in [0.1, 0.15) is 17.7 Å². The predicted molar refractivity (Wildman–Crippen MR) is 148 cm³/mol. The van der Waals surface area contributed by atoms with E-state index in [1.165, 1.54) is 22.4 Å². The molecular formula is C27H35N7O2S. The Morgan fingerprint density at radius 1 is 1.16 bits per heavy atom. The summed E-state index contributed by atoms with van der Waals surface area (Å²) in [6.07, 6.45) is 4.26. The average molecular weight is 522 g/mol. The molecule has 196 valence electrons. The lowest BCUT2D eigenvalue weighted by molar-refractivity contribution is 0.0948. The summed E-state index contributed by atoms with van der Waals surface area (Å²) in [5.41, 5.74) is 3.03. The first kappa shape index (κ1) is 24.7. The Hall–Kier alpha value is -2.63. The van der Waals surface area contributed by atoms with Crippen molar-refractivity contribution in [3.05, 3.63) is 35.3 Å². The summed E-state index contributed by atoms with van der Waals surface area (Å²) in [5, 5.41) is 8.36. The Morgan fingerprint density at radius 2 is 2.00 bits per heavy atom. The fraction of sp³-hybridized carbons (Fsp3) is 0.519. The highest BCUT2D eigenvalue weighted by Gasteiger charge is 2.24. The number of hydrogen-bond acceptors (Lipinski definition) is 9. The maximum atomic E-state index is 5.64. The van der Waals surface area contributed by atoms with Crippen LogP contribution in [0.25, 0.3) is 32.5 Å². The van der Waals surface area contributed by atoms with Crippen LogP contribution in [0, 0.1) is 0 Å². The van der Waals surface area contributed by atoms with Gasteiger partial charge >= 0.3 is 0 Å². The van der Waals surface area contributed by atoms with E-state index < -0.39 is 0 Å². The molecule has 5 heterocycles. The van der Waals surface area contributed by atoms with Crippen LogP contribution < -0.4 is 4.90 Å². The van der Waals surface area contributed by atoms with Gasteiger partial charge in [0.05, 0.1) is 41.8 Å². The number of likely N-dealkylation sites (tertiary alicyclic amines) is 1. The summed E-state index contributed by atoms with van der Waals surface area (Å²) in [6.45, 7) is 8.13. The predicted octanol–water partition coefficient (Wildman–Crippen LogP) is 3.61. The molecule has 1 N–H and O–H groups in total. The van der Waals surface area contributed by atoms with Gasteiger partial charge in [0.15, 0.2) is 11.6 Å². The van der Waals surface area contributed by atoms with Gasteiger partial charge in [-0.2, -0.15) is 5.10 Å². The van der Waals surface area contributed by atoms with E-state index in [2.05, 4.69) is 44.1 Å². The number of morpholine rings is 1. The minimum atomic E-state index is 0.640. The zero-order valence-corrected chi connectivity index (χ0v) is 22.5. The van der Waals surface area contributed by atoms with Crippen LogP contribution in [0.3, 0.4) is 0 Å². The van der Waals surface area contributed by atoms with Crippen LogP contribution >= 0.6 is 11.3 Å². The van der Waals surface area contributed by atoms with Crippen molar-refractivity contribution >= 4 is 38.3 Å². The van der Waals surface area contributed by atoms with Crippen LogP contribution in [0.2, 0.25) is 0 Å². The van der Waals surface area contributed by atoms with E-state index >= 15 is 0 Å². The van der Waals surface area contributed by atoms with Gasteiger partial charge in [-0.05, 0) is 32.0 Å². The molecule has 9 nitrogen and oxygen atoms in total. The zero-order chi connectivity index (χ0) is 25.2. The molecule has 6 rings (SSSR count). The molecule has 0 bridgehead atoms. The number of aromatic amines is 1. The number of nitrogens with zero attached hydrogens (tertiary/aromatic N) is 6. The quantitative estimate of drug-likeness (QED) is 0.377. The van der Waals surface area contributed by atoms with Gasteiger partial charge < -0.3 is 19.3 Å². The highest BCUT2D eigenvalue weighted by Crippen LogP contribution is 2.36. The average Bonchev–Trinajstić information content (AvgIpc) is 3.58. The number of ether oxygens (including phenoxy) is 2. The van der Waals surface area contributed by atoms with Crippen molar-refractivity contribution in [2.24, 2.45) is 0 Å². The topological polar surface area (TPSA) is 82.6 Å². The Balaban J connectivity index is 1.27.